The van der Waals surface area contributed by atoms with E-state index in [-0.39, 0.29) is 0 Å². The Morgan fingerprint density at radius 1 is 0.250 bits per heavy atom. The minimum absolute atomic E-state index is 0.557. The lowest BCUT2D eigenvalue weighted by Gasteiger charge is -2.17. The molecule has 7 heteroatoms. The van der Waals surface area contributed by atoms with Crippen molar-refractivity contribution in [3.05, 3.63) is 255 Å². The number of hydrogen-bond acceptors (Lipinski definition) is 4. The zero-order chi connectivity index (χ0) is 49.8. The molecule has 0 bridgehead atoms. The van der Waals surface area contributed by atoms with E-state index in [1.165, 1.54) is 21.5 Å². The number of para-hydroxylation sites is 5. The van der Waals surface area contributed by atoms with Crippen LogP contribution in [0, 0.1) is 0 Å². The zero-order valence-electron chi connectivity index (χ0n) is 40.8. The molecule has 16 rings (SSSR count). The fraction of sp³-hybridized carbons (Fsp3) is 0. The molecule has 0 fully saturated rings. The highest BCUT2D eigenvalue weighted by molar-refractivity contribution is 6.14. The smallest absolute Gasteiger partial charge is 0.166 e. The van der Waals surface area contributed by atoms with Gasteiger partial charge in [-0.05, 0) is 90.0 Å². The van der Waals surface area contributed by atoms with Gasteiger partial charge in [-0.2, -0.15) is 0 Å². The van der Waals surface area contributed by atoms with E-state index in [9.17, 15) is 0 Å². The fourth-order valence-corrected chi connectivity index (χ4v) is 11.9. The van der Waals surface area contributed by atoms with Gasteiger partial charge in [-0.3, -0.25) is 0 Å². The molecule has 0 saturated heterocycles. The topological polar surface area (TPSA) is 66.6 Å². The van der Waals surface area contributed by atoms with Gasteiger partial charge in [0.2, 0.25) is 0 Å². The van der Waals surface area contributed by atoms with E-state index in [1.54, 1.807) is 0 Å². The van der Waals surface area contributed by atoms with Gasteiger partial charge in [0, 0.05) is 71.2 Å². The van der Waals surface area contributed by atoms with Crippen LogP contribution in [0.25, 0.3) is 150 Å². The Morgan fingerprint density at radius 3 is 1.17 bits per heavy atom. The molecule has 11 aromatic carbocycles. The molecule has 5 aromatic heterocycles. The number of hydrogen-bond donors (Lipinski definition) is 0. The molecule has 0 spiro atoms. The van der Waals surface area contributed by atoms with Crippen molar-refractivity contribution in [1.82, 2.24) is 28.7 Å². The normalized spacial score (nSPS) is 11.9. The summed E-state index contributed by atoms with van der Waals surface area (Å²) < 4.78 is 13.7. The fourth-order valence-electron chi connectivity index (χ4n) is 11.9. The van der Waals surface area contributed by atoms with Crippen LogP contribution in [-0.4, -0.2) is 28.7 Å². The number of nitrogens with zero attached hydrogens (tertiary/aromatic N) is 6. The second kappa shape index (κ2) is 16.6. The van der Waals surface area contributed by atoms with Crippen LogP contribution >= 0.6 is 0 Å². The number of fused-ring (bicyclic) bond motifs is 12. The molecular formula is C69H42N6O. The second-order valence-corrected chi connectivity index (χ2v) is 19.6. The molecule has 0 amide bonds. The third-order valence-corrected chi connectivity index (χ3v) is 15.3. The van der Waals surface area contributed by atoms with Gasteiger partial charge in [0.15, 0.2) is 17.5 Å². The summed E-state index contributed by atoms with van der Waals surface area (Å²) >= 11 is 0. The molecule has 0 saturated carbocycles. The van der Waals surface area contributed by atoms with Crippen LogP contribution in [0.3, 0.4) is 0 Å². The van der Waals surface area contributed by atoms with Gasteiger partial charge >= 0.3 is 0 Å². The van der Waals surface area contributed by atoms with Gasteiger partial charge in [0.1, 0.15) is 11.2 Å². The minimum Gasteiger partial charge on any atom is -0.456 e. The lowest BCUT2D eigenvalue weighted by molar-refractivity contribution is 0.669. The summed E-state index contributed by atoms with van der Waals surface area (Å²) in [7, 11) is 0. The van der Waals surface area contributed by atoms with Crippen LogP contribution in [0.5, 0.6) is 0 Å². The maximum Gasteiger partial charge on any atom is 0.166 e. The Bertz CT molecular complexity index is 4670. The maximum absolute atomic E-state index is 6.49. The molecule has 0 N–H and O–H groups in total. The zero-order valence-corrected chi connectivity index (χ0v) is 40.8. The van der Waals surface area contributed by atoms with Gasteiger partial charge < -0.3 is 18.1 Å². The molecule has 76 heavy (non-hydrogen) atoms. The summed E-state index contributed by atoms with van der Waals surface area (Å²) in [6, 6.07) is 90.6. The molecule has 0 aliphatic carbocycles. The summed E-state index contributed by atoms with van der Waals surface area (Å²) in [5.74, 6) is 1.74. The molecule has 0 unspecified atom stereocenters. The quantitative estimate of drug-likeness (QED) is 0.160. The van der Waals surface area contributed by atoms with Crippen LogP contribution in [0.2, 0.25) is 0 Å². The summed E-state index contributed by atoms with van der Waals surface area (Å²) in [4.78, 5) is 16.0. The molecule has 0 atom stereocenters. The monoisotopic (exact) mass is 970 g/mol. The van der Waals surface area contributed by atoms with E-state index in [0.717, 1.165) is 111 Å². The Morgan fingerprint density at radius 2 is 0.645 bits per heavy atom. The SMILES string of the molecule is c1ccc(-c2nc(-c3ccccc3)nc(-c3cc(-c4ccc5c(c4)oc4ccccc45)ccc3-n3c4cc(-n5c6ccccc6c6ccccc65)ccc4c4ccc(-n5c6ccccc6c6ccccc65)cc43)n2)cc1. The van der Waals surface area contributed by atoms with Crippen molar-refractivity contribution in [2.45, 2.75) is 0 Å². The third-order valence-electron chi connectivity index (χ3n) is 15.3. The molecule has 5 heterocycles. The van der Waals surface area contributed by atoms with Gasteiger partial charge in [-0.1, -0.05) is 176 Å². The molecular weight excluding hydrogens is 929 g/mol. The van der Waals surface area contributed by atoms with Crippen molar-refractivity contribution in [1.29, 1.82) is 0 Å². The van der Waals surface area contributed by atoms with Crippen molar-refractivity contribution in [3.63, 3.8) is 0 Å². The maximum atomic E-state index is 6.49. The van der Waals surface area contributed by atoms with Gasteiger partial charge in [0.25, 0.3) is 0 Å². The van der Waals surface area contributed by atoms with Crippen molar-refractivity contribution in [2.24, 2.45) is 0 Å². The molecule has 7 nitrogen and oxygen atoms in total. The highest BCUT2D eigenvalue weighted by Gasteiger charge is 2.24. The van der Waals surface area contributed by atoms with Crippen molar-refractivity contribution < 1.29 is 4.42 Å². The standard InChI is InChI=1S/C69H42N6O/c1-3-17-43(18-4-1)67-70-68(44-19-5-2-6-20-44)72-69(71-67)57-39-45(46-31-35-56-55-25-11-16-30-65(55)76-66(56)40-46)32-38-62(57)75-63-41-47(73-58-26-12-7-21-49(58)50-22-8-13-27-59(50)73)33-36-53(63)54-37-34-48(42-64(54)75)74-60-28-14-9-23-51(60)52-24-10-15-29-61(52)74/h1-42H. The average molecular weight is 971 g/mol. The lowest BCUT2D eigenvalue weighted by atomic mass is 9.99. The first kappa shape index (κ1) is 42.2. The first-order valence-electron chi connectivity index (χ1n) is 25.7. The van der Waals surface area contributed by atoms with Crippen LogP contribution < -0.4 is 0 Å². The molecule has 354 valence electrons. The first-order chi connectivity index (χ1) is 37.7. The van der Waals surface area contributed by atoms with E-state index in [4.69, 9.17) is 19.4 Å². The number of rotatable bonds is 7. The molecule has 0 radical (unpaired) electrons. The summed E-state index contributed by atoms with van der Waals surface area (Å²) in [6.07, 6.45) is 0. The predicted molar refractivity (Wildman–Crippen MR) is 312 cm³/mol. The summed E-state index contributed by atoms with van der Waals surface area (Å²) in [6.45, 7) is 0. The number of furan rings is 1. The van der Waals surface area contributed by atoms with Crippen molar-refractivity contribution in [2.75, 3.05) is 0 Å². The Balaban J connectivity index is 1.02. The van der Waals surface area contributed by atoms with Crippen LogP contribution in [0.1, 0.15) is 0 Å². The molecule has 0 aliphatic rings. The number of benzene rings is 11. The molecule has 0 aliphatic heterocycles. The Kier molecular flexibility index (Phi) is 9.20. The predicted octanol–water partition coefficient (Wildman–Crippen LogP) is 17.7. The van der Waals surface area contributed by atoms with Gasteiger partial charge in [-0.25, -0.2) is 15.0 Å². The summed E-state index contributed by atoms with van der Waals surface area (Å²) in [5, 5.41) is 9.29. The van der Waals surface area contributed by atoms with Crippen LogP contribution in [0.4, 0.5) is 0 Å². The Labute approximate surface area is 435 Å². The van der Waals surface area contributed by atoms with E-state index < -0.39 is 0 Å². The summed E-state index contributed by atoms with van der Waals surface area (Å²) in [5.41, 5.74) is 16.1. The second-order valence-electron chi connectivity index (χ2n) is 19.6. The highest BCUT2D eigenvalue weighted by Crippen LogP contribution is 2.43. The first-order valence-corrected chi connectivity index (χ1v) is 25.7. The van der Waals surface area contributed by atoms with Crippen LogP contribution in [-0.2, 0) is 0 Å². The van der Waals surface area contributed by atoms with Gasteiger partial charge in [-0.15, -0.1) is 0 Å². The van der Waals surface area contributed by atoms with E-state index in [2.05, 4.69) is 220 Å². The van der Waals surface area contributed by atoms with Crippen LogP contribution in [0.15, 0.2) is 259 Å². The average Bonchev–Trinajstić information content (AvgIpc) is 4.27. The lowest BCUT2D eigenvalue weighted by Crippen LogP contribution is -2.04. The van der Waals surface area contributed by atoms with Crippen molar-refractivity contribution >= 4 is 87.4 Å². The van der Waals surface area contributed by atoms with E-state index in [1.807, 2.05) is 48.5 Å². The third kappa shape index (κ3) is 6.46. The van der Waals surface area contributed by atoms with E-state index in [0.29, 0.717) is 17.5 Å². The van der Waals surface area contributed by atoms with Crippen molar-refractivity contribution in [3.8, 4) is 62.4 Å². The largest absolute Gasteiger partial charge is 0.456 e. The van der Waals surface area contributed by atoms with Gasteiger partial charge in [0.05, 0.1) is 38.8 Å². The Hall–Kier alpha value is -10.4. The minimum atomic E-state index is 0.557. The highest BCUT2D eigenvalue weighted by atomic mass is 16.3. The molecule has 16 aromatic rings. The number of aromatic nitrogens is 6. The van der Waals surface area contributed by atoms with E-state index >= 15 is 0 Å².